The lowest BCUT2D eigenvalue weighted by atomic mass is 10.8. The van der Waals surface area contributed by atoms with Crippen LogP contribution in [0.1, 0.15) is 0 Å². The highest BCUT2D eigenvalue weighted by atomic mass is 15.3. The third-order valence-electron chi connectivity index (χ3n) is 4.12. The molecule has 160 valence electrons. The monoisotopic (exact) mass is 400 g/mol. The molecule has 4 heterocycles. The first-order chi connectivity index (χ1) is 12.1. The smallest absolute Gasteiger partial charge is 0.250 e. The fourth-order valence-electron chi connectivity index (χ4n) is 2.95. The summed E-state index contributed by atoms with van der Waals surface area (Å²) in [7, 11) is 4.06. The summed E-state index contributed by atoms with van der Waals surface area (Å²) in [5, 5.41) is 0. The van der Waals surface area contributed by atoms with E-state index >= 15 is 0 Å². The normalized spacial score (nSPS) is 9.72. The fourth-order valence-corrected chi connectivity index (χ4v) is 2.95. The van der Waals surface area contributed by atoms with Gasteiger partial charge in [-0.05, 0) is 0 Å². The van der Waals surface area contributed by atoms with E-state index in [1.165, 1.54) is 0 Å². The van der Waals surface area contributed by atoms with E-state index in [2.05, 4.69) is 89.9 Å². The molecular weight excluding hydrogens is 364 g/mol. The van der Waals surface area contributed by atoms with Gasteiger partial charge < -0.3 is 29.7 Å². The van der Waals surface area contributed by atoms with Gasteiger partial charge in [0.15, 0.2) is 0 Å². The van der Waals surface area contributed by atoms with Crippen molar-refractivity contribution in [1.29, 1.82) is 0 Å². The number of hydrogen-bond donors (Lipinski definition) is 0. The second kappa shape index (κ2) is 11.0. The van der Waals surface area contributed by atoms with Gasteiger partial charge in [0.1, 0.15) is 49.6 Å². The molecule has 8 heteroatoms. The third kappa shape index (κ3) is 6.44. The van der Waals surface area contributed by atoms with Crippen LogP contribution >= 0.6 is 0 Å². The molecule has 0 radical (unpaired) electrons. The summed E-state index contributed by atoms with van der Waals surface area (Å²) in [4.78, 5) is 0. The van der Waals surface area contributed by atoms with E-state index in [0.717, 1.165) is 20.0 Å². The first kappa shape index (κ1) is 25.8. The topological polar surface area (TPSA) is 35.2 Å². The summed E-state index contributed by atoms with van der Waals surface area (Å²) in [6, 6.07) is 0. The van der Waals surface area contributed by atoms with Crippen molar-refractivity contribution in [2.45, 2.75) is 20.0 Å². The lowest BCUT2D eigenvalue weighted by Crippen LogP contribution is -2.36. The Bertz CT molecular complexity index is 894. The number of rotatable bonds is 6. The highest BCUT2D eigenvalue weighted by molar-refractivity contribution is 4.72. The molecule has 0 saturated carbocycles. The van der Waals surface area contributed by atoms with Crippen molar-refractivity contribution in [3.05, 3.63) is 105 Å². The molecule has 29 heavy (non-hydrogen) atoms. The standard InChI is InChI=1S/C17H24N8.4CH3/c1-18-3-5-20(11-18)13-22-7-9-24(15-22)17-25-10-8-23(16-25)14-21-6-4-19(2)12-21;;;;/h3-12,15-16H,13-14,17H2,1-2H3;4*1H3/q+4;4*-1. The Morgan fingerprint density at radius 1 is 0.517 bits per heavy atom. The van der Waals surface area contributed by atoms with Gasteiger partial charge in [-0.15, -0.1) is 0 Å². The number of aromatic nitrogens is 8. The van der Waals surface area contributed by atoms with Gasteiger partial charge >= 0.3 is 0 Å². The van der Waals surface area contributed by atoms with E-state index in [9.17, 15) is 0 Å². The van der Waals surface area contributed by atoms with Gasteiger partial charge in [0.25, 0.3) is 0 Å². The number of hydrogen-bond acceptors (Lipinski definition) is 0. The minimum absolute atomic E-state index is 0. The van der Waals surface area contributed by atoms with Crippen LogP contribution in [0.25, 0.3) is 0 Å². The first-order valence-electron chi connectivity index (χ1n) is 8.26. The second-order valence-electron chi connectivity index (χ2n) is 6.49. The largest absolute Gasteiger partial charge is 0.358 e. The van der Waals surface area contributed by atoms with Crippen molar-refractivity contribution in [3.63, 3.8) is 0 Å². The molecule has 8 nitrogen and oxygen atoms in total. The van der Waals surface area contributed by atoms with Crippen molar-refractivity contribution in [2.75, 3.05) is 0 Å². The van der Waals surface area contributed by atoms with Crippen LogP contribution in [0.5, 0.6) is 0 Å². The van der Waals surface area contributed by atoms with E-state index in [0.29, 0.717) is 0 Å². The zero-order valence-corrected chi connectivity index (χ0v) is 18.6. The quantitative estimate of drug-likeness (QED) is 0.333. The maximum absolute atomic E-state index is 2.17. The van der Waals surface area contributed by atoms with Gasteiger partial charge in [0, 0.05) is 0 Å². The third-order valence-corrected chi connectivity index (χ3v) is 4.12. The van der Waals surface area contributed by atoms with Gasteiger partial charge in [-0.3, -0.25) is 0 Å². The minimum atomic E-state index is 0. The lowest BCUT2D eigenvalue weighted by molar-refractivity contribution is -0.707. The Morgan fingerprint density at radius 2 is 0.897 bits per heavy atom. The van der Waals surface area contributed by atoms with E-state index < -0.39 is 0 Å². The predicted octanol–water partition coefficient (Wildman–Crippen LogP) is 0.435. The Labute approximate surface area is 175 Å². The average Bonchev–Trinajstić information content (AvgIpc) is 3.33. The number of aryl methyl sites for hydroxylation is 2. The van der Waals surface area contributed by atoms with Gasteiger partial charge in [-0.2, -0.15) is 27.4 Å². The summed E-state index contributed by atoms with van der Waals surface area (Å²) < 4.78 is 17.0. The van der Waals surface area contributed by atoms with Crippen LogP contribution in [0.3, 0.4) is 0 Å². The molecule has 0 amide bonds. The van der Waals surface area contributed by atoms with Crippen LogP contribution in [-0.2, 0) is 34.1 Å². The molecule has 0 unspecified atom stereocenters. The van der Waals surface area contributed by atoms with E-state index in [1.54, 1.807) is 0 Å². The maximum Gasteiger partial charge on any atom is 0.250 e. The second-order valence-corrected chi connectivity index (χ2v) is 6.49. The molecule has 0 spiro atoms. The summed E-state index contributed by atoms with van der Waals surface area (Å²) >= 11 is 0. The molecular formula is C21H36N8. The fraction of sp³-hybridized carbons (Fsp3) is 0.238. The molecule has 0 aliphatic heterocycles. The van der Waals surface area contributed by atoms with Gasteiger partial charge in [0.2, 0.25) is 45.3 Å². The SMILES string of the molecule is C[n+]1ccn(C[n+]2ccn(Cn3cc[n+](Cn4cc[n+](C)c4)c3)c2)c1.[CH3-].[CH3-].[CH3-].[CH3-]. The van der Waals surface area contributed by atoms with E-state index in [4.69, 9.17) is 0 Å². The van der Waals surface area contributed by atoms with Crippen LogP contribution in [0, 0.1) is 29.7 Å². The number of nitrogens with zero attached hydrogens (tertiary/aromatic N) is 8. The minimum Gasteiger partial charge on any atom is -0.358 e. The van der Waals surface area contributed by atoms with Crippen LogP contribution in [-0.4, -0.2) is 18.3 Å². The van der Waals surface area contributed by atoms with Crippen LogP contribution in [0.15, 0.2) is 74.9 Å². The zero-order chi connectivity index (χ0) is 17.2. The van der Waals surface area contributed by atoms with Crippen molar-refractivity contribution in [1.82, 2.24) is 18.3 Å². The molecule has 0 atom stereocenters. The summed E-state index contributed by atoms with van der Waals surface area (Å²) in [6.45, 7) is 2.41. The van der Waals surface area contributed by atoms with E-state index in [-0.39, 0.29) is 29.7 Å². The van der Waals surface area contributed by atoms with Crippen molar-refractivity contribution >= 4 is 0 Å². The molecule has 0 fully saturated rings. The Hall–Kier alpha value is -3.16. The highest BCUT2D eigenvalue weighted by Crippen LogP contribution is 1.91. The molecule has 4 rings (SSSR count). The predicted molar refractivity (Wildman–Crippen MR) is 112 cm³/mol. The van der Waals surface area contributed by atoms with Crippen molar-refractivity contribution in [3.8, 4) is 0 Å². The molecule has 4 aromatic rings. The lowest BCUT2D eigenvalue weighted by Gasteiger charge is -1.93. The van der Waals surface area contributed by atoms with Crippen molar-refractivity contribution in [2.24, 2.45) is 14.1 Å². The highest BCUT2D eigenvalue weighted by Gasteiger charge is 2.12. The van der Waals surface area contributed by atoms with Gasteiger partial charge in [0.05, 0.1) is 14.1 Å². The summed E-state index contributed by atoms with van der Waals surface area (Å²) in [6.07, 6.45) is 25.0. The maximum atomic E-state index is 2.17. The average molecular weight is 401 g/mol. The summed E-state index contributed by atoms with van der Waals surface area (Å²) in [5.41, 5.74) is 0. The Kier molecular flexibility index (Phi) is 9.79. The molecule has 0 bridgehead atoms. The first-order valence-corrected chi connectivity index (χ1v) is 8.26. The Balaban J connectivity index is 0.00000196. The molecule has 0 aliphatic carbocycles. The zero-order valence-electron chi connectivity index (χ0n) is 18.6. The van der Waals surface area contributed by atoms with Gasteiger partial charge in [-0.1, -0.05) is 0 Å². The van der Waals surface area contributed by atoms with Crippen LogP contribution < -0.4 is 18.3 Å². The van der Waals surface area contributed by atoms with Crippen LogP contribution in [0.4, 0.5) is 0 Å². The van der Waals surface area contributed by atoms with Crippen molar-refractivity contribution < 1.29 is 18.3 Å². The molecule has 0 N–H and O–H groups in total. The molecule has 0 aromatic carbocycles. The summed E-state index contributed by atoms with van der Waals surface area (Å²) in [5.74, 6) is 0. The number of imidazole rings is 4. The van der Waals surface area contributed by atoms with Crippen LogP contribution in [0.2, 0.25) is 0 Å². The molecule has 4 aromatic heterocycles. The van der Waals surface area contributed by atoms with E-state index in [1.807, 2.05) is 35.6 Å². The Morgan fingerprint density at radius 3 is 1.24 bits per heavy atom. The van der Waals surface area contributed by atoms with Gasteiger partial charge in [-0.25, -0.2) is 9.13 Å². The molecule has 0 saturated heterocycles. The molecule has 0 aliphatic rings.